The van der Waals surface area contributed by atoms with Gasteiger partial charge in [0.1, 0.15) is 5.76 Å². The smallest absolute Gasteiger partial charge is 0.122 e. The molecular weight excluding hydrogens is 272 g/mol. The molecule has 3 heteroatoms. The lowest BCUT2D eigenvalue weighted by molar-refractivity contribution is 0.242. The van der Waals surface area contributed by atoms with Crippen LogP contribution >= 0.6 is 0 Å². The second kappa shape index (κ2) is 7.12. The first-order chi connectivity index (χ1) is 10.8. The fraction of sp³-hybridized carbons (Fsp3) is 0.474. The van der Waals surface area contributed by atoms with Crippen LogP contribution in [0, 0.1) is 0 Å². The summed E-state index contributed by atoms with van der Waals surface area (Å²) < 4.78 is 5.61. The van der Waals surface area contributed by atoms with Gasteiger partial charge < -0.3 is 9.73 Å². The maximum Gasteiger partial charge on any atom is 0.122 e. The lowest BCUT2D eigenvalue weighted by Gasteiger charge is -2.26. The van der Waals surface area contributed by atoms with E-state index >= 15 is 0 Å². The number of rotatable bonds is 5. The number of furan rings is 1. The highest BCUT2D eigenvalue weighted by Crippen LogP contribution is 2.29. The summed E-state index contributed by atoms with van der Waals surface area (Å²) in [6.07, 6.45) is 6.77. The molecule has 1 heterocycles. The Kier molecular flexibility index (Phi) is 4.96. The van der Waals surface area contributed by atoms with Gasteiger partial charge in [0.25, 0.3) is 0 Å². The molecule has 1 aliphatic carbocycles. The van der Waals surface area contributed by atoms with Gasteiger partial charge in [-0.2, -0.15) is 0 Å². The molecule has 3 nitrogen and oxygen atoms in total. The van der Waals surface area contributed by atoms with Gasteiger partial charge in [-0.1, -0.05) is 30.7 Å². The fourth-order valence-corrected chi connectivity index (χ4v) is 3.41. The lowest BCUT2D eigenvalue weighted by atomic mass is 9.99. The number of fused-ring (bicyclic) bond motifs is 1. The van der Waals surface area contributed by atoms with E-state index in [0.29, 0.717) is 6.04 Å². The summed E-state index contributed by atoms with van der Waals surface area (Å²) in [6.45, 7) is 0.902. The predicted octanol–water partition coefficient (Wildman–Crippen LogP) is 3.94. The lowest BCUT2D eigenvalue weighted by Crippen LogP contribution is -2.33. The minimum Gasteiger partial charge on any atom is -0.468 e. The Balaban J connectivity index is 1.72. The Hall–Kier alpha value is -1.58. The summed E-state index contributed by atoms with van der Waals surface area (Å²) in [6, 6.07) is 13.6. The second-order valence-corrected chi connectivity index (χ2v) is 6.40. The molecule has 0 aliphatic heterocycles. The molecule has 1 aromatic carbocycles. The first kappa shape index (κ1) is 15.3. The van der Waals surface area contributed by atoms with Gasteiger partial charge in [0, 0.05) is 12.6 Å². The first-order valence-electron chi connectivity index (χ1n) is 8.26. The molecule has 0 saturated carbocycles. The summed E-state index contributed by atoms with van der Waals surface area (Å²) in [5, 5.41) is 3.79. The summed E-state index contributed by atoms with van der Waals surface area (Å²) in [4.78, 5) is 2.22. The van der Waals surface area contributed by atoms with Gasteiger partial charge in [-0.25, -0.2) is 0 Å². The molecule has 0 spiro atoms. The molecule has 0 fully saturated rings. The van der Waals surface area contributed by atoms with E-state index in [-0.39, 0.29) is 6.04 Å². The van der Waals surface area contributed by atoms with Crippen LogP contribution in [0.2, 0.25) is 0 Å². The number of nitrogens with zero attached hydrogens (tertiary/aromatic N) is 1. The van der Waals surface area contributed by atoms with E-state index in [0.717, 1.165) is 12.3 Å². The highest BCUT2D eigenvalue weighted by atomic mass is 16.3. The minimum atomic E-state index is 0.269. The average molecular weight is 298 g/mol. The third-order valence-corrected chi connectivity index (χ3v) is 4.67. The Morgan fingerprint density at radius 2 is 2.05 bits per heavy atom. The van der Waals surface area contributed by atoms with Crippen molar-refractivity contribution in [1.82, 2.24) is 10.2 Å². The van der Waals surface area contributed by atoms with Crippen molar-refractivity contribution in [2.24, 2.45) is 0 Å². The minimum absolute atomic E-state index is 0.269. The Labute approximate surface area is 133 Å². The standard InChI is InChI=1S/C19H26N2O/c1-21(2)18(19-12-7-13-22-19)14-20-17-11-6-4-9-15-8-3-5-10-16(15)17/h3,5,7-8,10,12-13,17-18,20H,4,6,9,11,14H2,1-2H3. The van der Waals surface area contributed by atoms with Crippen LogP contribution in [0.1, 0.15) is 48.2 Å². The normalized spacial score (nSPS) is 19.7. The highest BCUT2D eigenvalue weighted by molar-refractivity contribution is 5.31. The van der Waals surface area contributed by atoms with Gasteiger partial charge in [0.15, 0.2) is 0 Å². The van der Waals surface area contributed by atoms with Crippen molar-refractivity contribution >= 4 is 0 Å². The van der Waals surface area contributed by atoms with Crippen LogP contribution in [-0.2, 0) is 6.42 Å². The molecule has 118 valence electrons. The topological polar surface area (TPSA) is 28.4 Å². The predicted molar refractivity (Wildman–Crippen MR) is 89.9 cm³/mol. The molecule has 1 aromatic heterocycles. The van der Waals surface area contributed by atoms with Crippen molar-refractivity contribution in [2.75, 3.05) is 20.6 Å². The third kappa shape index (κ3) is 3.42. The quantitative estimate of drug-likeness (QED) is 0.848. The Morgan fingerprint density at radius 1 is 1.18 bits per heavy atom. The monoisotopic (exact) mass is 298 g/mol. The van der Waals surface area contributed by atoms with Crippen LogP contribution in [0.3, 0.4) is 0 Å². The molecule has 1 aliphatic rings. The number of aryl methyl sites for hydroxylation is 1. The molecule has 0 saturated heterocycles. The molecule has 1 N–H and O–H groups in total. The fourth-order valence-electron chi connectivity index (χ4n) is 3.41. The van der Waals surface area contributed by atoms with Gasteiger partial charge in [0.2, 0.25) is 0 Å². The number of hydrogen-bond acceptors (Lipinski definition) is 3. The molecule has 2 aromatic rings. The van der Waals surface area contributed by atoms with Crippen molar-refractivity contribution in [3.8, 4) is 0 Å². The van der Waals surface area contributed by atoms with E-state index in [4.69, 9.17) is 4.42 Å². The van der Waals surface area contributed by atoms with Crippen LogP contribution < -0.4 is 5.32 Å². The zero-order valence-corrected chi connectivity index (χ0v) is 13.6. The molecule has 2 unspecified atom stereocenters. The maximum atomic E-state index is 5.61. The third-order valence-electron chi connectivity index (χ3n) is 4.67. The zero-order chi connectivity index (χ0) is 15.4. The van der Waals surface area contributed by atoms with Crippen LogP contribution in [0.25, 0.3) is 0 Å². The molecule has 0 bridgehead atoms. The Morgan fingerprint density at radius 3 is 2.82 bits per heavy atom. The zero-order valence-electron chi connectivity index (χ0n) is 13.6. The van der Waals surface area contributed by atoms with E-state index < -0.39 is 0 Å². The number of likely N-dealkylation sites (N-methyl/N-ethyl adjacent to an activating group) is 1. The van der Waals surface area contributed by atoms with Gasteiger partial charge in [0.05, 0.1) is 12.3 Å². The van der Waals surface area contributed by atoms with Crippen LogP contribution in [0.4, 0.5) is 0 Å². The number of benzene rings is 1. The van der Waals surface area contributed by atoms with E-state index in [1.165, 1.54) is 36.8 Å². The van der Waals surface area contributed by atoms with Gasteiger partial charge in [-0.05, 0) is 56.6 Å². The number of hydrogen-bond donors (Lipinski definition) is 1. The molecule has 0 amide bonds. The van der Waals surface area contributed by atoms with Gasteiger partial charge in [-0.3, -0.25) is 4.90 Å². The summed E-state index contributed by atoms with van der Waals surface area (Å²) >= 11 is 0. The Bertz CT molecular complexity index is 577. The maximum absolute atomic E-state index is 5.61. The molecule has 22 heavy (non-hydrogen) atoms. The molecule has 2 atom stereocenters. The van der Waals surface area contributed by atoms with Crippen LogP contribution in [0.5, 0.6) is 0 Å². The number of nitrogens with one attached hydrogen (secondary N) is 1. The van der Waals surface area contributed by atoms with Gasteiger partial charge in [-0.15, -0.1) is 0 Å². The largest absolute Gasteiger partial charge is 0.468 e. The van der Waals surface area contributed by atoms with Crippen LogP contribution in [-0.4, -0.2) is 25.5 Å². The van der Waals surface area contributed by atoms with Crippen LogP contribution in [0.15, 0.2) is 47.1 Å². The van der Waals surface area contributed by atoms with E-state index in [2.05, 4.69) is 54.6 Å². The van der Waals surface area contributed by atoms with E-state index in [1.54, 1.807) is 6.26 Å². The summed E-state index contributed by atoms with van der Waals surface area (Å²) in [7, 11) is 4.21. The van der Waals surface area contributed by atoms with Gasteiger partial charge >= 0.3 is 0 Å². The van der Waals surface area contributed by atoms with E-state index in [9.17, 15) is 0 Å². The summed E-state index contributed by atoms with van der Waals surface area (Å²) in [5.74, 6) is 1.03. The molecule has 3 rings (SSSR count). The van der Waals surface area contributed by atoms with E-state index in [1.807, 2.05) is 6.07 Å². The van der Waals surface area contributed by atoms with Crippen molar-refractivity contribution in [1.29, 1.82) is 0 Å². The van der Waals surface area contributed by atoms with Crippen molar-refractivity contribution in [2.45, 2.75) is 37.8 Å². The SMILES string of the molecule is CN(C)C(CNC1CCCCc2ccccc21)c1ccco1. The molecule has 0 radical (unpaired) electrons. The van der Waals surface area contributed by atoms with Crippen molar-refractivity contribution < 1.29 is 4.42 Å². The second-order valence-electron chi connectivity index (χ2n) is 6.40. The molecular formula is C19H26N2O. The highest BCUT2D eigenvalue weighted by Gasteiger charge is 2.22. The average Bonchev–Trinajstić information content (AvgIpc) is 2.96. The van der Waals surface area contributed by atoms with Crippen molar-refractivity contribution in [3.63, 3.8) is 0 Å². The van der Waals surface area contributed by atoms with Crippen molar-refractivity contribution in [3.05, 3.63) is 59.5 Å². The first-order valence-corrected chi connectivity index (χ1v) is 8.26. The summed E-state index contributed by atoms with van der Waals surface area (Å²) in [5.41, 5.74) is 2.99.